The van der Waals surface area contributed by atoms with Gasteiger partial charge in [0.15, 0.2) is 0 Å². The van der Waals surface area contributed by atoms with Crippen molar-refractivity contribution < 1.29 is 4.79 Å². The topological polar surface area (TPSA) is 71.8 Å². The Balaban J connectivity index is 1.52. The summed E-state index contributed by atoms with van der Waals surface area (Å²) in [6.45, 7) is 4.17. The fourth-order valence-corrected chi connectivity index (χ4v) is 3.45. The first kappa shape index (κ1) is 18.9. The molecule has 2 aromatic carbocycles. The van der Waals surface area contributed by atoms with Gasteiger partial charge in [0, 0.05) is 11.3 Å². The third-order valence-electron chi connectivity index (χ3n) is 5.01. The predicted molar refractivity (Wildman–Crippen MR) is 115 cm³/mol. The van der Waals surface area contributed by atoms with Gasteiger partial charge in [0.05, 0.1) is 0 Å². The molecule has 1 aliphatic rings. The number of carbonyl (C=O) groups is 1. The van der Waals surface area contributed by atoms with Crippen molar-refractivity contribution in [3.05, 3.63) is 83.1 Å². The first-order chi connectivity index (χ1) is 14.1. The monoisotopic (exact) mass is 387 g/mol. The van der Waals surface area contributed by atoms with E-state index in [4.69, 9.17) is 0 Å². The summed E-state index contributed by atoms with van der Waals surface area (Å²) < 4.78 is 1.80. The largest absolute Gasteiger partial charge is 0.329 e. The number of nitrogens with one attached hydrogen (secondary N) is 2. The minimum Gasteiger partial charge on any atom is -0.329 e. The van der Waals surface area contributed by atoms with Crippen molar-refractivity contribution in [2.75, 3.05) is 10.6 Å². The van der Waals surface area contributed by atoms with Crippen molar-refractivity contribution in [3.8, 4) is 0 Å². The molecule has 29 heavy (non-hydrogen) atoms. The van der Waals surface area contributed by atoms with Gasteiger partial charge in [-0.15, -0.1) is 5.10 Å². The molecule has 0 aliphatic carbocycles. The lowest BCUT2D eigenvalue weighted by molar-refractivity contribution is 0.102. The van der Waals surface area contributed by atoms with E-state index in [1.165, 1.54) is 5.56 Å². The Morgan fingerprint density at radius 3 is 2.62 bits per heavy atom. The van der Waals surface area contributed by atoms with Crippen LogP contribution in [0.5, 0.6) is 0 Å². The zero-order chi connectivity index (χ0) is 20.2. The molecule has 0 spiro atoms. The van der Waals surface area contributed by atoms with Gasteiger partial charge in [-0.3, -0.25) is 10.1 Å². The quantitative estimate of drug-likeness (QED) is 0.638. The summed E-state index contributed by atoms with van der Waals surface area (Å²) in [4.78, 5) is 17.1. The molecular formula is C23H25N5O. The van der Waals surface area contributed by atoms with Crippen molar-refractivity contribution in [3.63, 3.8) is 0 Å². The number of allylic oxidation sites excluding steroid dienone is 2. The number of aromatic nitrogens is 3. The zero-order valence-electron chi connectivity index (χ0n) is 16.7. The lowest BCUT2D eigenvalue weighted by atomic mass is 10.1. The lowest BCUT2D eigenvalue weighted by Crippen LogP contribution is -2.19. The van der Waals surface area contributed by atoms with Crippen LogP contribution in [0.2, 0.25) is 0 Å². The fourth-order valence-electron chi connectivity index (χ4n) is 3.45. The Labute approximate surface area is 170 Å². The number of unbranched alkanes of at least 4 members (excludes halogenated alkanes) is 1. The van der Waals surface area contributed by atoms with Crippen LogP contribution < -0.4 is 10.6 Å². The molecule has 6 heteroatoms. The second-order valence-electron chi connectivity index (χ2n) is 7.29. The predicted octanol–water partition coefficient (Wildman–Crippen LogP) is 4.79. The van der Waals surface area contributed by atoms with E-state index in [-0.39, 0.29) is 17.9 Å². The highest BCUT2D eigenvalue weighted by molar-refractivity contribution is 6.03. The number of carbonyl (C=O) groups excluding carboxylic acids is 1. The number of nitrogens with zero attached hydrogens (tertiary/aromatic N) is 3. The lowest BCUT2D eigenvalue weighted by Gasteiger charge is -2.22. The van der Waals surface area contributed by atoms with E-state index in [9.17, 15) is 4.79 Å². The van der Waals surface area contributed by atoms with E-state index in [0.29, 0.717) is 11.5 Å². The van der Waals surface area contributed by atoms with E-state index in [1.54, 1.807) is 4.68 Å². The molecule has 6 nitrogen and oxygen atoms in total. The molecule has 1 unspecified atom stereocenters. The van der Waals surface area contributed by atoms with Crippen LogP contribution in [0.25, 0.3) is 0 Å². The smallest absolute Gasteiger partial charge is 0.258 e. The maximum atomic E-state index is 12.6. The minimum absolute atomic E-state index is 0.0662. The Morgan fingerprint density at radius 1 is 1.14 bits per heavy atom. The SMILES string of the molecule is CCCCc1ccc(C(=O)Nc2nc3n(n2)C(c2ccccc2)C=C(C)N3)cc1. The first-order valence-corrected chi connectivity index (χ1v) is 10.0. The van der Waals surface area contributed by atoms with Gasteiger partial charge in [0.25, 0.3) is 11.9 Å². The molecule has 3 aromatic rings. The first-order valence-electron chi connectivity index (χ1n) is 10.0. The van der Waals surface area contributed by atoms with Crippen molar-refractivity contribution in [1.82, 2.24) is 14.8 Å². The summed E-state index contributed by atoms with van der Waals surface area (Å²) in [7, 11) is 0. The van der Waals surface area contributed by atoms with Crippen molar-refractivity contribution in [2.45, 2.75) is 39.2 Å². The molecule has 4 rings (SSSR count). The number of fused-ring (bicyclic) bond motifs is 1. The molecule has 0 saturated heterocycles. The van der Waals surface area contributed by atoms with Gasteiger partial charge in [0.1, 0.15) is 6.04 Å². The Bertz CT molecular complexity index is 1020. The number of amides is 1. The highest BCUT2D eigenvalue weighted by atomic mass is 16.1. The van der Waals surface area contributed by atoms with Crippen LogP contribution in [-0.4, -0.2) is 20.7 Å². The van der Waals surface area contributed by atoms with Gasteiger partial charge in [-0.25, -0.2) is 4.68 Å². The Hall–Kier alpha value is -3.41. The molecule has 1 aromatic heterocycles. The van der Waals surface area contributed by atoms with Crippen LogP contribution in [0.15, 0.2) is 66.4 Å². The number of aryl methyl sites for hydroxylation is 1. The summed E-state index contributed by atoms with van der Waals surface area (Å²) in [6, 6.07) is 17.8. The van der Waals surface area contributed by atoms with Crippen LogP contribution in [0.4, 0.5) is 11.9 Å². The molecule has 2 N–H and O–H groups in total. The standard InChI is InChI=1S/C23H25N5O/c1-3-4-8-17-11-13-19(14-12-17)21(29)25-22-26-23-24-16(2)15-20(28(23)27-22)18-9-6-5-7-10-18/h5-7,9-15,20H,3-4,8H2,1-2H3,(H2,24,25,26,27,29). The van der Waals surface area contributed by atoms with Crippen LogP contribution in [-0.2, 0) is 6.42 Å². The van der Waals surface area contributed by atoms with Crippen LogP contribution in [0.1, 0.15) is 54.2 Å². The number of anilines is 2. The number of benzene rings is 2. The Morgan fingerprint density at radius 2 is 1.90 bits per heavy atom. The van der Waals surface area contributed by atoms with Crippen LogP contribution in [0.3, 0.4) is 0 Å². The van der Waals surface area contributed by atoms with E-state index in [0.717, 1.165) is 30.5 Å². The average molecular weight is 387 g/mol. The zero-order valence-corrected chi connectivity index (χ0v) is 16.7. The summed E-state index contributed by atoms with van der Waals surface area (Å²) in [5.74, 6) is 0.691. The van der Waals surface area contributed by atoms with Crippen LogP contribution in [0, 0.1) is 0 Å². The van der Waals surface area contributed by atoms with Crippen molar-refractivity contribution in [2.24, 2.45) is 0 Å². The third kappa shape index (κ3) is 4.21. The third-order valence-corrected chi connectivity index (χ3v) is 5.01. The highest BCUT2D eigenvalue weighted by Crippen LogP contribution is 2.29. The molecule has 148 valence electrons. The average Bonchev–Trinajstić information content (AvgIpc) is 3.14. The van der Waals surface area contributed by atoms with E-state index < -0.39 is 0 Å². The summed E-state index contributed by atoms with van der Waals surface area (Å²) in [5, 5.41) is 10.6. The van der Waals surface area contributed by atoms with Gasteiger partial charge in [-0.2, -0.15) is 4.98 Å². The van der Waals surface area contributed by atoms with Gasteiger partial charge < -0.3 is 5.32 Å². The van der Waals surface area contributed by atoms with Gasteiger partial charge >= 0.3 is 0 Å². The molecule has 1 atom stereocenters. The van der Waals surface area contributed by atoms with E-state index >= 15 is 0 Å². The summed E-state index contributed by atoms with van der Waals surface area (Å²) >= 11 is 0. The molecule has 0 saturated carbocycles. The van der Waals surface area contributed by atoms with Gasteiger partial charge in [-0.05, 0) is 49.1 Å². The molecule has 2 heterocycles. The van der Waals surface area contributed by atoms with E-state index in [1.807, 2.05) is 49.4 Å². The second kappa shape index (κ2) is 8.31. The normalized spacial score (nSPS) is 15.2. The minimum atomic E-state index is -0.212. The fraction of sp³-hybridized carbons (Fsp3) is 0.261. The summed E-state index contributed by atoms with van der Waals surface area (Å²) in [6.07, 6.45) is 5.44. The van der Waals surface area contributed by atoms with Crippen LogP contribution >= 0.6 is 0 Å². The molecule has 0 fully saturated rings. The number of rotatable bonds is 6. The maximum Gasteiger partial charge on any atom is 0.258 e. The maximum absolute atomic E-state index is 12.6. The molecule has 1 aliphatic heterocycles. The van der Waals surface area contributed by atoms with Gasteiger partial charge in [0.2, 0.25) is 5.95 Å². The number of hydrogen-bond acceptors (Lipinski definition) is 4. The Kier molecular flexibility index (Phi) is 5.42. The molecule has 0 radical (unpaired) electrons. The molecular weight excluding hydrogens is 362 g/mol. The molecule has 0 bridgehead atoms. The summed E-state index contributed by atoms with van der Waals surface area (Å²) in [5.41, 5.74) is 3.95. The van der Waals surface area contributed by atoms with Crippen molar-refractivity contribution >= 4 is 17.8 Å². The number of hydrogen-bond donors (Lipinski definition) is 2. The molecule has 1 amide bonds. The van der Waals surface area contributed by atoms with Crippen molar-refractivity contribution in [1.29, 1.82) is 0 Å². The van der Waals surface area contributed by atoms with Gasteiger partial charge in [-0.1, -0.05) is 55.8 Å². The second-order valence-corrected chi connectivity index (χ2v) is 7.29. The van der Waals surface area contributed by atoms with E-state index in [2.05, 4.69) is 45.8 Å². The highest BCUT2D eigenvalue weighted by Gasteiger charge is 2.23.